The van der Waals surface area contributed by atoms with E-state index < -0.39 is 5.54 Å². The monoisotopic (exact) mass is 466 g/mol. The number of anilines is 3. The van der Waals surface area contributed by atoms with Crippen molar-refractivity contribution >= 4 is 40.9 Å². The Hall–Kier alpha value is -3.13. The number of aromatic nitrogens is 2. The molecule has 8 nitrogen and oxygen atoms in total. The molecule has 0 saturated heterocycles. The second-order valence-electron chi connectivity index (χ2n) is 9.61. The summed E-state index contributed by atoms with van der Waals surface area (Å²) < 4.78 is 0. The summed E-state index contributed by atoms with van der Waals surface area (Å²) in [5, 5.41) is 10.1. The molecule has 1 saturated carbocycles. The van der Waals surface area contributed by atoms with Gasteiger partial charge in [-0.1, -0.05) is 29.8 Å². The first-order valence-corrected chi connectivity index (χ1v) is 11.6. The normalized spacial score (nSPS) is 26.9. The van der Waals surface area contributed by atoms with E-state index in [-0.39, 0.29) is 35.6 Å². The van der Waals surface area contributed by atoms with Crippen molar-refractivity contribution in [3.05, 3.63) is 52.7 Å². The van der Waals surface area contributed by atoms with Crippen LogP contribution in [0.5, 0.6) is 0 Å². The van der Waals surface area contributed by atoms with Crippen LogP contribution >= 0.6 is 11.6 Å². The van der Waals surface area contributed by atoms with Gasteiger partial charge in [0.05, 0.1) is 17.7 Å². The van der Waals surface area contributed by atoms with Crippen LogP contribution in [0.15, 0.2) is 36.5 Å². The number of carbonyl (C=O) groups excluding carboxylic acids is 2. The van der Waals surface area contributed by atoms with Crippen molar-refractivity contribution in [1.82, 2.24) is 15.3 Å². The molecule has 9 heteroatoms. The molecule has 0 spiro atoms. The number of nitrogens with zero attached hydrogens (tertiary/aromatic N) is 2. The van der Waals surface area contributed by atoms with Crippen LogP contribution in [0.2, 0.25) is 5.02 Å². The summed E-state index contributed by atoms with van der Waals surface area (Å²) in [6, 6.07) is 5.87. The smallest absolute Gasteiger partial charge is 0.229 e. The number of hydrogen-bond acceptors (Lipinski definition) is 6. The van der Waals surface area contributed by atoms with Crippen molar-refractivity contribution < 1.29 is 9.59 Å². The molecule has 33 heavy (non-hydrogen) atoms. The molecule has 0 radical (unpaired) electrons. The summed E-state index contributed by atoms with van der Waals surface area (Å²) >= 11 is 6.38. The number of carbonyl (C=O) groups is 2. The van der Waals surface area contributed by atoms with Crippen molar-refractivity contribution in [2.24, 2.45) is 23.5 Å². The lowest BCUT2D eigenvalue weighted by molar-refractivity contribution is -0.123. The topological polar surface area (TPSA) is 122 Å². The Labute approximate surface area is 197 Å². The number of fused-ring (bicyclic) bond motifs is 3. The molecule has 2 aliphatic carbocycles. The third kappa shape index (κ3) is 4.04. The van der Waals surface area contributed by atoms with E-state index >= 15 is 0 Å². The highest BCUT2D eigenvalue weighted by atomic mass is 35.5. The minimum Gasteiger partial charge on any atom is -0.369 e. The van der Waals surface area contributed by atoms with Gasteiger partial charge in [0.1, 0.15) is 5.02 Å². The van der Waals surface area contributed by atoms with E-state index in [0.29, 0.717) is 29.6 Å². The quantitative estimate of drug-likeness (QED) is 0.502. The molecule has 1 aromatic heterocycles. The van der Waals surface area contributed by atoms with Crippen molar-refractivity contribution in [3.63, 3.8) is 0 Å². The zero-order valence-corrected chi connectivity index (χ0v) is 19.3. The molecule has 1 aromatic carbocycles. The molecule has 4 unspecified atom stereocenters. The molecule has 4 atom stereocenters. The number of allylic oxidation sites excluding steroid dienone is 1. The molecule has 2 heterocycles. The summed E-state index contributed by atoms with van der Waals surface area (Å²) in [7, 11) is 0. The number of aryl methyl sites for hydroxylation is 1. The zero-order chi connectivity index (χ0) is 23.3. The van der Waals surface area contributed by atoms with Crippen LogP contribution in [-0.4, -0.2) is 27.8 Å². The maximum absolute atomic E-state index is 12.1. The van der Waals surface area contributed by atoms with Gasteiger partial charge in [0.15, 0.2) is 5.82 Å². The predicted molar refractivity (Wildman–Crippen MR) is 127 cm³/mol. The SMILES string of the molecule is CC1(C)NC(=O)CCc2ccc(Nc3ncc(Cl)c(NC4C5C=CC(C5)C4C(N)=O)n3)cc21. The highest BCUT2D eigenvalue weighted by Crippen LogP contribution is 2.45. The van der Waals surface area contributed by atoms with Gasteiger partial charge in [-0.05, 0) is 61.8 Å². The Morgan fingerprint density at radius 2 is 2.03 bits per heavy atom. The van der Waals surface area contributed by atoms with Gasteiger partial charge in [-0.15, -0.1) is 0 Å². The summed E-state index contributed by atoms with van der Waals surface area (Å²) in [5.74, 6) is 0.674. The minimum atomic E-state index is -0.479. The number of halogens is 1. The number of nitrogens with one attached hydrogen (secondary N) is 3. The molecular weight excluding hydrogens is 440 g/mol. The number of amides is 2. The van der Waals surface area contributed by atoms with Crippen LogP contribution in [0.3, 0.4) is 0 Å². The molecule has 2 aromatic rings. The fourth-order valence-corrected chi connectivity index (χ4v) is 5.55. The molecule has 172 valence electrons. The van der Waals surface area contributed by atoms with E-state index in [1.54, 1.807) is 0 Å². The predicted octanol–water partition coefficient (Wildman–Crippen LogP) is 3.26. The standard InChI is InChI=1S/C24H27ClN6O2/c1-24(2)16-10-15(7-5-12(16)6-8-18(32)31-24)28-23-27-11-17(25)22(30-23)29-20-14-4-3-13(9-14)19(20)21(26)33/h3-5,7,10-11,13-14,19-20H,6,8-9H2,1-2H3,(H2,26,33)(H,31,32)(H2,27,28,29,30). The largest absolute Gasteiger partial charge is 0.369 e. The maximum atomic E-state index is 12.1. The molecule has 2 amide bonds. The van der Waals surface area contributed by atoms with E-state index in [4.69, 9.17) is 17.3 Å². The zero-order valence-electron chi connectivity index (χ0n) is 18.6. The van der Waals surface area contributed by atoms with Crippen LogP contribution in [0.4, 0.5) is 17.5 Å². The van der Waals surface area contributed by atoms with Crippen LogP contribution < -0.4 is 21.7 Å². The molecular formula is C24H27ClN6O2. The third-order valence-corrected chi connectivity index (χ3v) is 7.22. The van der Waals surface area contributed by atoms with Crippen LogP contribution in [-0.2, 0) is 21.5 Å². The summed E-state index contributed by atoms with van der Waals surface area (Å²) in [6.45, 7) is 4.00. The maximum Gasteiger partial charge on any atom is 0.229 e. The van der Waals surface area contributed by atoms with E-state index in [9.17, 15) is 9.59 Å². The highest BCUT2D eigenvalue weighted by molar-refractivity contribution is 6.32. The number of nitrogens with two attached hydrogens (primary N) is 1. The molecule has 1 fully saturated rings. The summed E-state index contributed by atoms with van der Waals surface area (Å²) in [5.41, 5.74) is 8.21. The van der Waals surface area contributed by atoms with Crippen molar-refractivity contribution in [1.29, 1.82) is 0 Å². The van der Waals surface area contributed by atoms with Gasteiger partial charge in [-0.2, -0.15) is 4.98 Å². The fraction of sp³-hybridized carbons (Fsp3) is 0.417. The Morgan fingerprint density at radius 3 is 2.82 bits per heavy atom. The lowest BCUT2D eigenvalue weighted by Crippen LogP contribution is -2.41. The average Bonchev–Trinajstić information content (AvgIpc) is 3.33. The molecule has 5 rings (SSSR count). The van der Waals surface area contributed by atoms with Gasteiger partial charge in [0.25, 0.3) is 0 Å². The van der Waals surface area contributed by atoms with Gasteiger partial charge >= 0.3 is 0 Å². The van der Waals surface area contributed by atoms with Crippen LogP contribution in [0.25, 0.3) is 0 Å². The summed E-state index contributed by atoms with van der Waals surface area (Å²) in [6.07, 6.45) is 7.83. The van der Waals surface area contributed by atoms with E-state index in [2.05, 4.69) is 38.1 Å². The van der Waals surface area contributed by atoms with Gasteiger partial charge in [0, 0.05) is 18.2 Å². The molecule has 3 aliphatic rings. The minimum absolute atomic E-state index is 0.0483. The van der Waals surface area contributed by atoms with Crippen molar-refractivity contribution in [2.45, 2.75) is 44.7 Å². The first-order chi connectivity index (χ1) is 15.7. The van der Waals surface area contributed by atoms with Crippen molar-refractivity contribution in [2.75, 3.05) is 10.6 Å². The number of primary amides is 1. The van der Waals surface area contributed by atoms with Gasteiger partial charge in [0.2, 0.25) is 17.8 Å². The molecule has 5 N–H and O–H groups in total. The van der Waals surface area contributed by atoms with Gasteiger partial charge < -0.3 is 21.7 Å². The fourth-order valence-electron chi connectivity index (χ4n) is 5.40. The second kappa shape index (κ2) is 8.02. The molecule has 1 aliphatic heterocycles. The van der Waals surface area contributed by atoms with E-state index in [1.807, 2.05) is 32.0 Å². The van der Waals surface area contributed by atoms with Crippen LogP contribution in [0, 0.1) is 17.8 Å². The summed E-state index contributed by atoms with van der Waals surface area (Å²) in [4.78, 5) is 33.0. The molecule has 2 bridgehead atoms. The van der Waals surface area contributed by atoms with E-state index in [1.165, 1.54) is 6.20 Å². The second-order valence-corrected chi connectivity index (χ2v) is 10.0. The first kappa shape index (κ1) is 21.7. The number of hydrogen-bond donors (Lipinski definition) is 4. The third-order valence-electron chi connectivity index (χ3n) is 6.95. The Bertz CT molecular complexity index is 1160. The Kier molecular flexibility index (Phi) is 5.28. The van der Waals surface area contributed by atoms with Gasteiger partial charge in [-0.25, -0.2) is 4.98 Å². The van der Waals surface area contributed by atoms with Crippen LogP contribution in [0.1, 0.15) is 37.8 Å². The number of benzene rings is 1. The van der Waals surface area contributed by atoms with Gasteiger partial charge in [-0.3, -0.25) is 9.59 Å². The lowest BCUT2D eigenvalue weighted by Gasteiger charge is -2.28. The number of rotatable bonds is 5. The Morgan fingerprint density at radius 1 is 1.24 bits per heavy atom. The average molecular weight is 467 g/mol. The van der Waals surface area contributed by atoms with Crippen molar-refractivity contribution in [3.8, 4) is 0 Å². The Balaban J connectivity index is 1.39. The van der Waals surface area contributed by atoms with E-state index in [0.717, 1.165) is 23.2 Å². The highest BCUT2D eigenvalue weighted by Gasteiger charge is 2.47. The first-order valence-electron chi connectivity index (χ1n) is 11.2. The lowest BCUT2D eigenvalue weighted by atomic mass is 9.88.